The third-order valence-electron chi connectivity index (χ3n) is 5.35. The Morgan fingerprint density at radius 1 is 0.618 bits per heavy atom. The van der Waals surface area contributed by atoms with E-state index >= 15 is 0 Å². The van der Waals surface area contributed by atoms with Crippen LogP contribution in [0.2, 0.25) is 0 Å². The number of hydrogen-bond acceptors (Lipinski definition) is 4. The van der Waals surface area contributed by atoms with Crippen molar-refractivity contribution in [2.45, 2.75) is 85.5 Å². The summed E-state index contributed by atoms with van der Waals surface area (Å²) in [4.78, 5) is 22.0. The van der Waals surface area contributed by atoms with E-state index in [1.54, 1.807) is 12.1 Å². The Balaban J connectivity index is 0.000000623. The molecule has 0 fully saturated rings. The van der Waals surface area contributed by atoms with Gasteiger partial charge in [0.05, 0.1) is 0 Å². The minimum atomic E-state index is -1.06. The molecule has 0 radical (unpaired) electrons. The molecule has 7 heteroatoms. The summed E-state index contributed by atoms with van der Waals surface area (Å²) in [5.74, 6) is -2.26. The van der Waals surface area contributed by atoms with E-state index in [2.05, 4.69) is 6.92 Å². The van der Waals surface area contributed by atoms with Gasteiger partial charge in [0.1, 0.15) is 22.6 Å². The van der Waals surface area contributed by atoms with Crippen molar-refractivity contribution in [3.8, 4) is 11.5 Å². The average Bonchev–Trinajstić information content (AvgIpc) is 2.76. The van der Waals surface area contributed by atoms with Crippen LogP contribution in [0.25, 0.3) is 0 Å². The molecule has 0 atom stereocenters. The van der Waals surface area contributed by atoms with E-state index in [1.807, 2.05) is 32.9 Å². The monoisotopic (exact) mass is 522 g/mol. The van der Waals surface area contributed by atoms with Crippen LogP contribution in [0.15, 0.2) is 24.3 Å². The van der Waals surface area contributed by atoms with E-state index in [4.69, 9.17) is 10.2 Å². The van der Waals surface area contributed by atoms with E-state index in [0.29, 0.717) is 12.8 Å². The zero-order valence-corrected chi connectivity index (χ0v) is 24.0. The second-order valence-corrected chi connectivity index (χ2v) is 8.27. The van der Waals surface area contributed by atoms with Gasteiger partial charge in [-0.3, -0.25) is 0 Å². The minimum Gasteiger partial charge on any atom is -0.507 e. The van der Waals surface area contributed by atoms with Gasteiger partial charge in [-0.25, -0.2) is 9.59 Å². The molecular formula is C27H38O6Zn. The molecule has 34 heavy (non-hydrogen) atoms. The molecule has 0 aliphatic rings. The SMILES string of the molecule is CCCCc1cc(CCC)c(O)c(C(=O)O)c1.CCCc1cc(CCC)c(O)c(C(=O)O)c1.[Zn]. The molecule has 0 aromatic heterocycles. The fourth-order valence-corrected chi connectivity index (χ4v) is 3.73. The summed E-state index contributed by atoms with van der Waals surface area (Å²) >= 11 is 0. The maximum Gasteiger partial charge on any atom is 0.339 e. The van der Waals surface area contributed by atoms with Crippen molar-refractivity contribution in [1.82, 2.24) is 0 Å². The maximum absolute atomic E-state index is 11.0. The summed E-state index contributed by atoms with van der Waals surface area (Å²) in [5.41, 5.74) is 3.53. The first-order chi connectivity index (χ1) is 15.7. The molecule has 0 amide bonds. The van der Waals surface area contributed by atoms with E-state index in [-0.39, 0.29) is 42.1 Å². The summed E-state index contributed by atoms with van der Waals surface area (Å²) in [6.07, 6.45) is 8.00. The van der Waals surface area contributed by atoms with Crippen molar-refractivity contribution in [2.24, 2.45) is 0 Å². The van der Waals surface area contributed by atoms with Gasteiger partial charge >= 0.3 is 11.9 Å². The normalized spacial score (nSPS) is 10.1. The predicted molar refractivity (Wildman–Crippen MR) is 131 cm³/mol. The minimum absolute atomic E-state index is 0. The Kier molecular flexibility index (Phi) is 15.1. The average molecular weight is 524 g/mol. The quantitative estimate of drug-likeness (QED) is 0.254. The summed E-state index contributed by atoms with van der Waals surface area (Å²) in [7, 11) is 0. The zero-order valence-electron chi connectivity index (χ0n) is 21.0. The third-order valence-corrected chi connectivity index (χ3v) is 5.35. The third kappa shape index (κ3) is 9.46. The predicted octanol–water partition coefficient (Wildman–Crippen LogP) is 6.38. The van der Waals surface area contributed by atoms with Crippen LogP contribution >= 0.6 is 0 Å². The number of carboxylic acid groups (broad SMARTS) is 2. The van der Waals surface area contributed by atoms with Crippen molar-refractivity contribution < 1.29 is 49.5 Å². The smallest absolute Gasteiger partial charge is 0.339 e. The second-order valence-electron chi connectivity index (χ2n) is 8.27. The maximum atomic E-state index is 11.0. The van der Waals surface area contributed by atoms with Gasteiger partial charge in [0.15, 0.2) is 0 Å². The van der Waals surface area contributed by atoms with Gasteiger partial charge in [0.25, 0.3) is 0 Å². The molecule has 0 bridgehead atoms. The first kappa shape index (κ1) is 31.6. The van der Waals surface area contributed by atoms with Crippen molar-refractivity contribution in [3.05, 3.63) is 57.6 Å². The van der Waals surface area contributed by atoms with Crippen LogP contribution in [0.3, 0.4) is 0 Å². The largest absolute Gasteiger partial charge is 0.507 e. The Morgan fingerprint density at radius 2 is 1.00 bits per heavy atom. The van der Waals surface area contributed by atoms with Gasteiger partial charge in [0.2, 0.25) is 0 Å². The van der Waals surface area contributed by atoms with Gasteiger partial charge < -0.3 is 20.4 Å². The number of aromatic carboxylic acids is 2. The van der Waals surface area contributed by atoms with E-state index in [9.17, 15) is 19.8 Å². The van der Waals surface area contributed by atoms with Crippen LogP contribution in [0.4, 0.5) is 0 Å². The van der Waals surface area contributed by atoms with Gasteiger partial charge in [-0.2, -0.15) is 0 Å². The molecule has 0 saturated carbocycles. The number of phenols is 2. The van der Waals surface area contributed by atoms with Crippen LogP contribution in [0.5, 0.6) is 11.5 Å². The molecule has 0 saturated heterocycles. The molecule has 2 aromatic rings. The molecule has 0 spiro atoms. The number of hydrogen-bond donors (Lipinski definition) is 4. The van der Waals surface area contributed by atoms with Crippen LogP contribution in [0.1, 0.15) is 103 Å². The number of rotatable bonds is 11. The number of aryl methyl sites for hydroxylation is 4. The Morgan fingerprint density at radius 3 is 1.32 bits per heavy atom. The van der Waals surface area contributed by atoms with Crippen LogP contribution < -0.4 is 0 Å². The van der Waals surface area contributed by atoms with Gasteiger partial charge in [0, 0.05) is 19.5 Å². The summed E-state index contributed by atoms with van der Waals surface area (Å²) < 4.78 is 0. The fourth-order valence-electron chi connectivity index (χ4n) is 3.73. The molecule has 6 nitrogen and oxygen atoms in total. The molecular weight excluding hydrogens is 486 g/mol. The number of carboxylic acids is 2. The van der Waals surface area contributed by atoms with E-state index in [0.717, 1.165) is 67.2 Å². The number of unbranched alkanes of at least 4 members (excludes halogenated alkanes) is 1. The van der Waals surface area contributed by atoms with E-state index in [1.165, 1.54) is 0 Å². The Bertz CT molecular complexity index is 939. The second kappa shape index (κ2) is 16.3. The van der Waals surface area contributed by atoms with E-state index < -0.39 is 11.9 Å². The topological polar surface area (TPSA) is 115 Å². The standard InChI is InChI=1S/C14H20O3.C13H18O3.Zn/c1-3-5-7-10-8-11(6-4-2)13(15)12(9-10)14(16)17;1-3-5-9-7-10(6-4-2)12(14)11(8-9)13(15)16;/h8-9,15H,3-7H2,1-2H3,(H,16,17);7-8,14H,3-6H2,1-2H3,(H,15,16);. The molecule has 0 aliphatic heterocycles. The van der Waals surface area contributed by atoms with Crippen molar-refractivity contribution in [1.29, 1.82) is 0 Å². The number of carbonyl (C=O) groups is 2. The summed E-state index contributed by atoms with van der Waals surface area (Å²) in [5, 5.41) is 37.7. The van der Waals surface area contributed by atoms with Gasteiger partial charge in [-0.15, -0.1) is 0 Å². The van der Waals surface area contributed by atoms with Gasteiger partial charge in [-0.1, -0.05) is 65.5 Å². The fraction of sp³-hybridized carbons (Fsp3) is 0.481. The van der Waals surface area contributed by atoms with Crippen molar-refractivity contribution >= 4 is 11.9 Å². The summed E-state index contributed by atoms with van der Waals surface area (Å²) in [6, 6.07) is 7.00. The van der Waals surface area contributed by atoms with Crippen LogP contribution in [0, 0.1) is 0 Å². The molecule has 0 aliphatic carbocycles. The zero-order chi connectivity index (χ0) is 25.0. The number of benzene rings is 2. The molecule has 2 aromatic carbocycles. The molecule has 2 rings (SSSR count). The molecule has 4 N–H and O–H groups in total. The van der Waals surface area contributed by atoms with Gasteiger partial charge in [-0.05, 0) is 66.5 Å². The molecule has 184 valence electrons. The Labute approximate surface area is 215 Å². The van der Waals surface area contributed by atoms with Crippen LogP contribution in [-0.2, 0) is 45.2 Å². The molecule has 0 heterocycles. The van der Waals surface area contributed by atoms with Crippen molar-refractivity contribution in [2.75, 3.05) is 0 Å². The van der Waals surface area contributed by atoms with Crippen molar-refractivity contribution in [3.63, 3.8) is 0 Å². The molecule has 0 unspecified atom stereocenters. The van der Waals surface area contributed by atoms with Crippen LogP contribution in [-0.4, -0.2) is 32.4 Å². The summed E-state index contributed by atoms with van der Waals surface area (Å²) in [6.45, 7) is 8.17. The first-order valence-electron chi connectivity index (χ1n) is 11.9. The number of aromatic hydroxyl groups is 2. The Hall–Kier alpha value is -2.40. The first-order valence-corrected chi connectivity index (χ1v) is 11.9.